The van der Waals surface area contributed by atoms with Crippen molar-refractivity contribution in [2.45, 2.75) is 8.90 Å². The van der Waals surface area contributed by atoms with Gasteiger partial charge in [-0.1, -0.05) is 0 Å². The Morgan fingerprint density at radius 2 is 0.708 bits per heavy atom. The number of nitro groups is 2. The van der Waals surface area contributed by atoms with Crippen LogP contribution in [-0.4, -0.2) is 187 Å². The molecule has 1 unspecified atom stereocenters. The molecule has 30 heteroatoms. The average Bonchev–Trinajstić information content (AvgIpc) is 3.14. The van der Waals surface area contributed by atoms with Gasteiger partial charge in [-0.3, -0.25) is 20.2 Å². The molecule has 48 heavy (non-hydrogen) atoms. The molecule has 0 saturated heterocycles. The van der Waals surface area contributed by atoms with Crippen LogP contribution in [0, 0.1) is 20.2 Å². The quantitative estimate of drug-likeness (QED) is 0.0289. The van der Waals surface area contributed by atoms with Gasteiger partial charge in [-0.25, -0.2) is 0 Å². The summed E-state index contributed by atoms with van der Waals surface area (Å²) in [7, 11) is 1.93. The van der Waals surface area contributed by atoms with Crippen LogP contribution in [0.5, 0.6) is 0 Å². The van der Waals surface area contributed by atoms with Crippen molar-refractivity contribution in [2.75, 3.05) is 112 Å². The number of rotatable bonds is 23. The van der Waals surface area contributed by atoms with Gasteiger partial charge in [0.05, 0.1) is 0 Å². The van der Waals surface area contributed by atoms with E-state index in [1.807, 2.05) is 0 Å². The Bertz CT molecular complexity index is 800. The van der Waals surface area contributed by atoms with Crippen LogP contribution in [0.2, 0.25) is 0 Å². The summed E-state index contributed by atoms with van der Waals surface area (Å²) in [4.78, 5) is 19.3. The predicted octanol–water partition coefficient (Wildman–Crippen LogP) is -1.82. The number of halogens is 2. The summed E-state index contributed by atoms with van der Waals surface area (Å²) >= 11 is 5.34. The minimum absolute atomic E-state index is 0.591. The second-order valence-electron chi connectivity index (χ2n) is 7.56. The van der Waals surface area contributed by atoms with Gasteiger partial charge in [0.15, 0.2) is 0 Å². The molecule has 4 N–H and O–H groups in total. The first-order valence-electron chi connectivity index (χ1n) is 12.4. The molecule has 0 bridgehead atoms. The number of aliphatic hydroxyl groups is 4. The summed E-state index contributed by atoms with van der Waals surface area (Å²) in [5.74, 6) is 0. The molecule has 0 saturated carbocycles. The van der Waals surface area contributed by atoms with E-state index in [9.17, 15) is 20.2 Å². The van der Waals surface area contributed by atoms with Gasteiger partial charge < -0.3 is 81.8 Å². The summed E-state index contributed by atoms with van der Waals surface area (Å²) in [6, 6.07) is 0. The van der Waals surface area contributed by atoms with Crippen LogP contribution in [0.4, 0.5) is 0 Å². The van der Waals surface area contributed by atoms with E-state index in [4.69, 9.17) is 81.8 Å². The lowest BCUT2D eigenvalue weighted by molar-refractivity contribution is -0.542. The minimum Gasteiger partial charge on any atom is -0.400 e. The maximum absolute atomic E-state index is 10.9. The van der Waals surface area contributed by atoms with Gasteiger partial charge in [0, 0.05) is 127 Å². The third-order valence-electron chi connectivity index (χ3n) is 5.10. The Hall–Kier alpha value is -0.0925. The highest BCUT2D eigenvalue weighted by Gasteiger charge is 2.59. The van der Waals surface area contributed by atoms with E-state index in [0.29, 0.717) is 0 Å². The topological polar surface area (TPSA) is 296 Å². The minimum atomic E-state index is -3.87. The maximum atomic E-state index is 10.9. The van der Waals surface area contributed by atoms with Crippen molar-refractivity contribution in [1.29, 1.82) is 0 Å². The number of nitrogens with zero attached hydrogens (tertiary/aromatic N) is 2. The van der Waals surface area contributed by atoms with Gasteiger partial charge in [0.2, 0.25) is 0 Å². The molecule has 0 aliphatic heterocycles. The van der Waals surface area contributed by atoms with E-state index in [0.717, 1.165) is 7.11 Å². The molecule has 0 fully saturated rings. The monoisotopic (exact) mass is 914 g/mol. The molecule has 24 nitrogen and oxygen atoms in total. The normalized spacial score (nSPS) is 13.5. The van der Waals surface area contributed by atoms with E-state index in [1.54, 1.807) is 0 Å². The molecule has 0 spiro atoms. The maximum Gasteiger partial charge on any atom is 0.673 e. The van der Waals surface area contributed by atoms with Crippen molar-refractivity contribution < 1.29 is 91.6 Å². The summed E-state index contributed by atoms with van der Waals surface area (Å²) < 4.78 is 68.4. The molecule has 1 atom stereocenters. The smallest absolute Gasteiger partial charge is 0.400 e. The van der Waals surface area contributed by atoms with E-state index in [2.05, 4.69) is 31.9 Å². The first kappa shape index (κ1) is 54.7. The van der Waals surface area contributed by atoms with Gasteiger partial charge in [-0.15, -0.1) is 0 Å². The first-order chi connectivity index (χ1) is 22.4. The summed E-state index contributed by atoms with van der Waals surface area (Å²) in [5.41, 5.74) is 0. The molecule has 0 radical (unpaired) electrons. The van der Waals surface area contributed by atoms with Gasteiger partial charge in [-0.2, -0.15) is 0 Å². The molecule has 0 heterocycles. The molecule has 0 aromatic carbocycles. The van der Waals surface area contributed by atoms with E-state index in [1.165, 1.54) is 78.2 Å². The second-order valence-corrected chi connectivity index (χ2v) is 20.9. The Kier molecular flexibility index (Phi) is 31.4. The lowest BCUT2D eigenvalue weighted by Crippen LogP contribution is -2.61. The molecule has 0 aliphatic rings. The fourth-order valence-corrected chi connectivity index (χ4v) is 11.3. The van der Waals surface area contributed by atoms with E-state index in [-0.39, 0.29) is 0 Å². The highest BCUT2D eigenvalue weighted by Crippen LogP contribution is 2.25. The zero-order valence-corrected chi connectivity index (χ0v) is 35.8. The van der Waals surface area contributed by atoms with Crippen molar-refractivity contribution in [3.05, 3.63) is 20.2 Å². The number of hydrogen-bond acceptors (Lipinski definition) is 22. The standard InChI is InChI=1S/C8H20BrNO10Si2.C6H18O7Si2.C3H6BrNO4.CH4O/c1-14-21(15-2,16-3)20-22(17-4,18-5)19-7-8(9,6-11)10(12)13;1-7-14(8-2,9-3)13-15(10-4,11-5)12-6;4-3(1-6,2-7)5(8)9;1-2/h11H,6-7H2,1-5H3;1-6H3;6-7H,1-2H2;2H,1H3. The van der Waals surface area contributed by atoms with Crippen molar-refractivity contribution >= 4 is 68.1 Å². The van der Waals surface area contributed by atoms with Crippen LogP contribution >= 0.6 is 31.9 Å². The third-order valence-corrected chi connectivity index (χ3v) is 16.7. The second kappa shape index (κ2) is 27.5. The Morgan fingerprint density at radius 1 is 0.500 bits per heavy atom. The van der Waals surface area contributed by atoms with Gasteiger partial charge >= 0.3 is 45.1 Å². The molecule has 0 aliphatic carbocycles. The van der Waals surface area contributed by atoms with E-state index >= 15 is 0 Å². The van der Waals surface area contributed by atoms with Crippen molar-refractivity contribution in [3.63, 3.8) is 0 Å². The summed E-state index contributed by atoms with van der Waals surface area (Å²) in [6.45, 7) is -2.86. The van der Waals surface area contributed by atoms with Crippen molar-refractivity contribution in [3.8, 4) is 0 Å². The Morgan fingerprint density at radius 3 is 0.854 bits per heavy atom. The first-order valence-corrected chi connectivity index (χ1v) is 20.5. The fourth-order valence-electron chi connectivity index (χ4n) is 2.27. The largest absolute Gasteiger partial charge is 0.673 e. The SMILES string of the molecule is CO.CO[Si](OC)(OC)O[Si](OC)(OC)OC.CO[Si](OC)(OC)O[Si](OC)(OC)OCC(Br)(CO)[N+](=O)[O-].O=[N+]([O-])C(Br)(CO)CO. The fraction of sp³-hybridized carbons (Fsp3) is 1.00. The molecular formula is C18H48Br2N2O22Si4. The van der Waals surface area contributed by atoms with Gasteiger partial charge in [0.1, 0.15) is 26.4 Å². The molecule has 0 amide bonds. The van der Waals surface area contributed by atoms with Crippen LogP contribution in [0.25, 0.3) is 0 Å². The van der Waals surface area contributed by atoms with Gasteiger partial charge in [-0.05, 0) is 0 Å². The lowest BCUT2D eigenvalue weighted by Gasteiger charge is -2.32. The molecule has 0 rings (SSSR count). The van der Waals surface area contributed by atoms with Crippen LogP contribution in [0.3, 0.4) is 0 Å². The van der Waals surface area contributed by atoms with Crippen LogP contribution in [-0.2, 0) is 61.3 Å². The van der Waals surface area contributed by atoms with E-state index < -0.39 is 81.4 Å². The highest BCUT2D eigenvalue weighted by molar-refractivity contribution is 9.10. The molecule has 0 aromatic heterocycles. The third kappa shape index (κ3) is 17.4. The Labute approximate surface area is 299 Å². The zero-order chi connectivity index (χ0) is 38.9. The predicted molar refractivity (Wildman–Crippen MR) is 175 cm³/mol. The molecule has 292 valence electrons. The number of alkyl halides is 2. The number of aliphatic hydroxyl groups excluding tert-OH is 4. The highest BCUT2D eigenvalue weighted by atomic mass is 79.9. The molecular weight excluding hydrogens is 868 g/mol. The van der Waals surface area contributed by atoms with Crippen molar-refractivity contribution in [1.82, 2.24) is 0 Å². The van der Waals surface area contributed by atoms with Crippen molar-refractivity contribution in [2.24, 2.45) is 0 Å². The summed E-state index contributed by atoms with van der Waals surface area (Å²) in [5, 5.41) is 53.6. The zero-order valence-electron chi connectivity index (χ0n) is 28.6. The number of hydrogen-bond donors (Lipinski definition) is 4. The van der Waals surface area contributed by atoms with Crippen LogP contribution < -0.4 is 0 Å². The van der Waals surface area contributed by atoms with Crippen LogP contribution in [0.1, 0.15) is 0 Å². The molecule has 0 aromatic rings. The lowest BCUT2D eigenvalue weighted by atomic mass is 10.4. The van der Waals surface area contributed by atoms with Crippen LogP contribution in [0.15, 0.2) is 0 Å². The average molecular weight is 917 g/mol. The van der Waals surface area contributed by atoms with Gasteiger partial charge in [0.25, 0.3) is 0 Å². The Balaban J connectivity index is -0.000000321. The summed E-state index contributed by atoms with van der Waals surface area (Å²) in [6.07, 6.45) is 0.